The van der Waals surface area contributed by atoms with Gasteiger partial charge in [-0.1, -0.05) is 6.07 Å². The van der Waals surface area contributed by atoms with Crippen LogP contribution in [-0.2, 0) is 0 Å². The van der Waals surface area contributed by atoms with E-state index in [2.05, 4.69) is 10.3 Å². The number of fused-ring (bicyclic) bond motifs is 1. The number of phenols is 1. The van der Waals surface area contributed by atoms with Crippen LogP contribution in [0.15, 0.2) is 47.4 Å². The largest absolute Gasteiger partial charge is 0.508 e. The number of nitrogens with one attached hydrogen (secondary N) is 2. The first kappa shape index (κ1) is 16.4. The zero-order valence-corrected chi connectivity index (χ0v) is 13.6. The molecule has 7 heteroatoms. The SMILES string of the molecule is COc1cc(OC)c2c(=O)c(C(=O)Nc3cccc(O)c3)c[nH]c2c1. The number of hydrogen-bond acceptors (Lipinski definition) is 5. The van der Waals surface area contributed by atoms with E-state index in [0.717, 1.165) is 0 Å². The number of anilines is 1. The topological polar surface area (TPSA) is 101 Å². The molecule has 0 aliphatic rings. The number of carbonyl (C=O) groups is 1. The lowest BCUT2D eigenvalue weighted by molar-refractivity contribution is 0.102. The van der Waals surface area contributed by atoms with Crippen molar-refractivity contribution in [3.8, 4) is 17.2 Å². The van der Waals surface area contributed by atoms with Crippen LogP contribution in [0.5, 0.6) is 17.2 Å². The van der Waals surface area contributed by atoms with Gasteiger partial charge in [-0.25, -0.2) is 0 Å². The zero-order chi connectivity index (χ0) is 18.0. The Kier molecular flexibility index (Phi) is 4.30. The van der Waals surface area contributed by atoms with E-state index in [9.17, 15) is 14.7 Å². The van der Waals surface area contributed by atoms with Gasteiger partial charge < -0.3 is 24.9 Å². The van der Waals surface area contributed by atoms with Crippen LogP contribution in [0.4, 0.5) is 5.69 Å². The Morgan fingerprint density at radius 2 is 1.96 bits per heavy atom. The molecule has 0 aliphatic carbocycles. The second kappa shape index (κ2) is 6.56. The fraction of sp³-hybridized carbons (Fsp3) is 0.111. The Balaban J connectivity index is 2.06. The van der Waals surface area contributed by atoms with Crippen molar-refractivity contribution < 1.29 is 19.4 Å². The number of ether oxygens (including phenoxy) is 2. The quantitative estimate of drug-likeness (QED) is 0.677. The molecule has 1 heterocycles. The van der Waals surface area contributed by atoms with Crippen molar-refractivity contribution in [2.24, 2.45) is 0 Å². The van der Waals surface area contributed by atoms with Crippen LogP contribution in [0.3, 0.4) is 0 Å². The normalized spacial score (nSPS) is 10.5. The molecule has 25 heavy (non-hydrogen) atoms. The average molecular weight is 340 g/mol. The smallest absolute Gasteiger partial charge is 0.261 e. The lowest BCUT2D eigenvalue weighted by atomic mass is 10.1. The molecule has 2 aromatic carbocycles. The zero-order valence-electron chi connectivity index (χ0n) is 13.6. The number of benzene rings is 2. The third kappa shape index (κ3) is 3.12. The molecule has 7 nitrogen and oxygen atoms in total. The summed E-state index contributed by atoms with van der Waals surface area (Å²) >= 11 is 0. The van der Waals surface area contributed by atoms with Crippen molar-refractivity contribution in [1.82, 2.24) is 4.98 Å². The second-order valence-electron chi connectivity index (χ2n) is 5.29. The average Bonchev–Trinajstić information content (AvgIpc) is 2.60. The fourth-order valence-electron chi connectivity index (χ4n) is 2.52. The molecule has 1 aromatic heterocycles. The van der Waals surface area contributed by atoms with Gasteiger partial charge in [0, 0.05) is 30.1 Å². The number of rotatable bonds is 4. The number of aromatic hydroxyl groups is 1. The minimum atomic E-state index is -0.591. The Bertz CT molecular complexity index is 1010. The summed E-state index contributed by atoms with van der Waals surface area (Å²) in [6, 6.07) is 9.29. The lowest BCUT2D eigenvalue weighted by Crippen LogP contribution is -2.22. The first-order valence-electron chi connectivity index (χ1n) is 7.41. The van der Waals surface area contributed by atoms with Gasteiger partial charge in [-0.2, -0.15) is 0 Å². The van der Waals surface area contributed by atoms with E-state index < -0.39 is 11.3 Å². The number of aromatic nitrogens is 1. The van der Waals surface area contributed by atoms with Gasteiger partial charge in [0.1, 0.15) is 22.8 Å². The standard InChI is InChI=1S/C18H16N2O5/c1-24-12-7-14-16(15(8-12)25-2)17(22)13(9-19-14)18(23)20-10-4-3-5-11(21)6-10/h3-9,21H,1-2H3,(H,19,22)(H,20,23). The minimum absolute atomic E-state index is 0.0129. The van der Waals surface area contributed by atoms with E-state index in [1.165, 1.54) is 32.5 Å². The number of H-pyrrole nitrogens is 1. The Morgan fingerprint density at radius 3 is 2.64 bits per heavy atom. The monoisotopic (exact) mass is 340 g/mol. The van der Waals surface area contributed by atoms with Crippen molar-refractivity contribution in [3.63, 3.8) is 0 Å². The van der Waals surface area contributed by atoms with Gasteiger partial charge in [-0.05, 0) is 12.1 Å². The number of phenolic OH excluding ortho intramolecular Hbond substituents is 1. The summed E-state index contributed by atoms with van der Waals surface area (Å²) in [7, 11) is 2.95. The second-order valence-corrected chi connectivity index (χ2v) is 5.29. The molecule has 0 saturated carbocycles. The van der Waals surface area contributed by atoms with Crippen molar-refractivity contribution in [2.45, 2.75) is 0 Å². The minimum Gasteiger partial charge on any atom is -0.508 e. The Hall–Kier alpha value is -3.48. The number of hydrogen-bond donors (Lipinski definition) is 3. The highest BCUT2D eigenvalue weighted by Gasteiger charge is 2.17. The van der Waals surface area contributed by atoms with Gasteiger partial charge in [-0.15, -0.1) is 0 Å². The maximum absolute atomic E-state index is 12.8. The Morgan fingerprint density at radius 1 is 1.16 bits per heavy atom. The molecule has 0 radical (unpaired) electrons. The molecule has 3 N–H and O–H groups in total. The van der Waals surface area contributed by atoms with Crippen LogP contribution in [0, 0.1) is 0 Å². The predicted molar refractivity (Wildman–Crippen MR) is 93.7 cm³/mol. The first-order valence-corrected chi connectivity index (χ1v) is 7.41. The summed E-state index contributed by atoms with van der Waals surface area (Å²) < 4.78 is 10.4. The molecule has 3 aromatic rings. The van der Waals surface area contributed by atoms with Crippen molar-refractivity contribution >= 4 is 22.5 Å². The number of aromatic amines is 1. The highest BCUT2D eigenvalue weighted by molar-refractivity contribution is 6.06. The molecular formula is C18H16N2O5. The Labute approximate surface area is 142 Å². The maximum Gasteiger partial charge on any atom is 0.261 e. The van der Waals surface area contributed by atoms with Crippen LogP contribution in [0.25, 0.3) is 10.9 Å². The number of methoxy groups -OCH3 is 2. The molecule has 1 amide bonds. The van der Waals surface area contributed by atoms with Gasteiger partial charge in [0.25, 0.3) is 5.91 Å². The number of amides is 1. The van der Waals surface area contributed by atoms with E-state index in [-0.39, 0.29) is 16.7 Å². The maximum atomic E-state index is 12.8. The lowest BCUT2D eigenvalue weighted by Gasteiger charge is -2.10. The molecule has 0 bridgehead atoms. The van der Waals surface area contributed by atoms with Gasteiger partial charge in [0.05, 0.1) is 25.1 Å². The molecule has 0 spiro atoms. The van der Waals surface area contributed by atoms with Crippen LogP contribution < -0.4 is 20.2 Å². The molecule has 0 saturated heterocycles. The summed E-state index contributed by atoms with van der Waals surface area (Å²) in [5, 5.41) is 12.3. The molecule has 128 valence electrons. The fourth-order valence-corrected chi connectivity index (χ4v) is 2.52. The van der Waals surface area contributed by atoms with Crippen LogP contribution in [0.1, 0.15) is 10.4 Å². The molecule has 0 unspecified atom stereocenters. The molecule has 0 aliphatic heterocycles. The third-order valence-corrected chi connectivity index (χ3v) is 3.72. The van der Waals surface area contributed by atoms with Crippen molar-refractivity contribution in [3.05, 3.63) is 58.4 Å². The van der Waals surface area contributed by atoms with E-state index in [1.54, 1.807) is 24.3 Å². The highest BCUT2D eigenvalue weighted by atomic mass is 16.5. The molecule has 3 rings (SSSR count). The van der Waals surface area contributed by atoms with Gasteiger partial charge in [-0.3, -0.25) is 9.59 Å². The van der Waals surface area contributed by atoms with E-state index in [0.29, 0.717) is 22.7 Å². The van der Waals surface area contributed by atoms with E-state index >= 15 is 0 Å². The van der Waals surface area contributed by atoms with Gasteiger partial charge in [0.2, 0.25) is 5.43 Å². The number of pyridine rings is 1. The third-order valence-electron chi connectivity index (χ3n) is 3.72. The molecular weight excluding hydrogens is 324 g/mol. The van der Waals surface area contributed by atoms with Gasteiger partial charge in [0.15, 0.2) is 0 Å². The van der Waals surface area contributed by atoms with Crippen molar-refractivity contribution in [2.75, 3.05) is 19.5 Å². The summed E-state index contributed by atoms with van der Waals surface area (Å²) in [6.45, 7) is 0. The van der Waals surface area contributed by atoms with Gasteiger partial charge >= 0.3 is 0 Å². The van der Waals surface area contributed by atoms with E-state index in [4.69, 9.17) is 9.47 Å². The summed E-state index contributed by atoms with van der Waals surface area (Å²) in [6.07, 6.45) is 1.33. The molecule has 0 fully saturated rings. The number of carbonyl (C=O) groups excluding carboxylic acids is 1. The summed E-state index contributed by atoms with van der Waals surface area (Å²) in [4.78, 5) is 28.1. The van der Waals surface area contributed by atoms with Crippen molar-refractivity contribution in [1.29, 1.82) is 0 Å². The summed E-state index contributed by atoms with van der Waals surface area (Å²) in [5.74, 6) is 0.255. The molecule has 0 atom stereocenters. The van der Waals surface area contributed by atoms with E-state index in [1.807, 2.05) is 0 Å². The van der Waals surface area contributed by atoms with Crippen LogP contribution in [-0.4, -0.2) is 30.2 Å². The van der Waals surface area contributed by atoms with Crippen LogP contribution in [0.2, 0.25) is 0 Å². The summed E-state index contributed by atoms with van der Waals surface area (Å²) in [5.41, 5.74) is 0.339. The first-order chi connectivity index (χ1) is 12.0. The van der Waals surface area contributed by atoms with Crippen LogP contribution >= 0.6 is 0 Å². The predicted octanol–water partition coefficient (Wildman–Crippen LogP) is 2.50. The highest BCUT2D eigenvalue weighted by Crippen LogP contribution is 2.28.